The number of aryl methyl sites for hydroxylation is 1. The molecule has 2 atom stereocenters. The first kappa shape index (κ1) is 17.3. The lowest BCUT2D eigenvalue weighted by Gasteiger charge is -2.13. The van der Waals surface area contributed by atoms with E-state index in [-0.39, 0.29) is 24.6 Å². The van der Waals surface area contributed by atoms with Crippen molar-refractivity contribution < 1.29 is 14.6 Å². The van der Waals surface area contributed by atoms with Crippen LogP contribution in [0.25, 0.3) is 0 Å². The number of unbranched alkanes of at least 4 members (excludes halogenated alkanes) is 1. The standard InChI is InChI=1S/C18H26N2O3/c1-14-4-8-17(9-5-14)23-11-3-2-10-19-18(22)20-16-7-6-15(12-16)13-21/h4-9,15-16,21H,2-3,10-13H2,1H3,(H2,19,20,22)/t15-,16+/m0/s1. The second-order valence-electron chi connectivity index (χ2n) is 5.94. The van der Waals surface area contributed by atoms with Gasteiger partial charge in [0.2, 0.25) is 0 Å². The van der Waals surface area contributed by atoms with Crippen molar-refractivity contribution in [2.75, 3.05) is 19.8 Å². The van der Waals surface area contributed by atoms with Crippen LogP contribution in [0.5, 0.6) is 5.75 Å². The quantitative estimate of drug-likeness (QED) is 0.509. The number of amides is 2. The number of aliphatic hydroxyl groups is 1. The molecule has 23 heavy (non-hydrogen) atoms. The predicted molar refractivity (Wildman–Crippen MR) is 90.6 cm³/mol. The molecule has 1 aromatic rings. The van der Waals surface area contributed by atoms with Crippen LogP contribution in [0.15, 0.2) is 36.4 Å². The van der Waals surface area contributed by atoms with Crippen molar-refractivity contribution >= 4 is 6.03 Å². The Bertz CT molecular complexity index is 514. The average molecular weight is 318 g/mol. The van der Waals surface area contributed by atoms with Gasteiger partial charge in [-0.1, -0.05) is 29.8 Å². The highest BCUT2D eigenvalue weighted by Crippen LogP contribution is 2.16. The van der Waals surface area contributed by atoms with Crippen LogP contribution >= 0.6 is 0 Å². The van der Waals surface area contributed by atoms with Crippen LogP contribution in [-0.2, 0) is 0 Å². The van der Waals surface area contributed by atoms with Gasteiger partial charge in [-0.3, -0.25) is 0 Å². The summed E-state index contributed by atoms with van der Waals surface area (Å²) in [5, 5.41) is 14.8. The maximum Gasteiger partial charge on any atom is 0.315 e. The Morgan fingerprint density at radius 2 is 2.04 bits per heavy atom. The van der Waals surface area contributed by atoms with Gasteiger partial charge in [0, 0.05) is 25.1 Å². The molecule has 1 aliphatic rings. The fourth-order valence-corrected chi connectivity index (χ4v) is 2.49. The molecule has 0 aliphatic heterocycles. The zero-order valence-corrected chi connectivity index (χ0v) is 13.6. The highest BCUT2D eigenvalue weighted by atomic mass is 16.5. The maximum atomic E-state index is 11.7. The summed E-state index contributed by atoms with van der Waals surface area (Å²) in [6, 6.07) is 7.86. The van der Waals surface area contributed by atoms with Crippen molar-refractivity contribution in [3.63, 3.8) is 0 Å². The molecule has 0 radical (unpaired) electrons. The van der Waals surface area contributed by atoms with Gasteiger partial charge >= 0.3 is 6.03 Å². The molecule has 5 heteroatoms. The van der Waals surface area contributed by atoms with Crippen LogP contribution in [0.1, 0.15) is 24.8 Å². The number of rotatable bonds is 8. The first-order valence-electron chi connectivity index (χ1n) is 8.20. The predicted octanol–water partition coefficient (Wildman–Crippen LogP) is 2.39. The molecule has 5 nitrogen and oxygen atoms in total. The zero-order chi connectivity index (χ0) is 16.5. The largest absolute Gasteiger partial charge is 0.494 e. The fraction of sp³-hybridized carbons (Fsp3) is 0.500. The van der Waals surface area contributed by atoms with E-state index in [1.807, 2.05) is 43.3 Å². The molecule has 2 rings (SSSR count). The van der Waals surface area contributed by atoms with E-state index < -0.39 is 0 Å². The molecule has 0 spiro atoms. The van der Waals surface area contributed by atoms with Crippen LogP contribution < -0.4 is 15.4 Å². The Morgan fingerprint density at radius 3 is 2.74 bits per heavy atom. The van der Waals surface area contributed by atoms with Crippen LogP contribution in [0.4, 0.5) is 4.79 Å². The number of carbonyl (C=O) groups excluding carboxylic acids is 1. The molecule has 0 heterocycles. The second kappa shape index (κ2) is 9.20. The van der Waals surface area contributed by atoms with Crippen LogP contribution in [-0.4, -0.2) is 36.9 Å². The van der Waals surface area contributed by atoms with Gasteiger partial charge < -0.3 is 20.5 Å². The molecular weight excluding hydrogens is 292 g/mol. The van der Waals surface area contributed by atoms with Gasteiger partial charge in [0.05, 0.1) is 6.61 Å². The van der Waals surface area contributed by atoms with Gasteiger partial charge in [0.25, 0.3) is 0 Å². The van der Waals surface area contributed by atoms with Crippen molar-refractivity contribution in [3.05, 3.63) is 42.0 Å². The summed E-state index contributed by atoms with van der Waals surface area (Å²) >= 11 is 0. The number of hydrogen-bond donors (Lipinski definition) is 3. The lowest BCUT2D eigenvalue weighted by Crippen LogP contribution is -2.41. The number of ether oxygens (including phenoxy) is 1. The minimum absolute atomic E-state index is 0.0250. The topological polar surface area (TPSA) is 70.6 Å². The van der Waals surface area contributed by atoms with Gasteiger partial charge in [0.1, 0.15) is 5.75 Å². The van der Waals surface area contributed by atoms with Crippen molar-refractivity contribution in [2.45, 2.75) is 32.2 Å². The Balaban J connectivity index is 1.49. The minimum atomic E-state index is -0.155. The van der Waals surface area contributed by atoms with Crippen LogP contribution in [0.3, 0.4) is 0 Å². The highest BCUT2D eigenvalue weighted by Gasteiger charge is 2.19. The molecular formula is C18H26N2O3. The summed E-state index contributed by atoms with van der Waals surface area (Å²) in [5.41, 5.74) is 1.22. The minimum Gasteiger partial charge on any atom is -0.494 e. The third-order valence-electron chi connectivity index (χ3n) is 3.87. The van der Waals surface area contributed by atoms with Crippen LogP contribution in [0, 0.1) is 12.8 Å². The average Bonchev–Trinajstić information content (AvgIpc) is 3.00. The van der Waals surface area contributed by atoms with Gasteiger partial charge in [-0.25, -0.2) is 4.79 Å². The molecule has 0 unspecified atom stereocenters. The summed E-state index contributed by atoms with van der Waals surface area (Å²) in [5.74, 6) is 1.05. The van der Waals surface area contributed by atoms with Crippen molar-refractivity contribution in [3.8, 4) is 5.75 Å². The van der Waals surface area contributed by atoms with E-state index in [9.17, 15) is 4.79 Å². The van der Waals surface area contributed by atoms with Crippen molar-refractivity contribution in [1.82, 2.24) is 10.6 Å². The summed E-state index contributed by atoms with van der Waals surface area (Å²) in [4.78, 5) is 11.7. The molecule has 2 amide bonds. The summed E-state index contributed by atoms with van der Waals surface area (Å²) in [7, 11) is 0. The lowest BCUT2D eigenvalue weighted by molar-refractivity contribution is 0.231. The van der Waals surface area contributed by atoms with Crippen LogP contribution in [0.2, 0.25) is 0 Å². The van der Waals surface area contributed by atoms with E-state index in [0.29, 0.717) is 13.2 Å². The molecule has 0 bridgehead atoms. The van der Waals surface area contributed by atoms with Crippen molar-refractivity contribution in [1.29, 1.82) is 0 Å². The number of carbonyl (C=O) groups is 1. The van der Waals surface area contributed by atoms with Gasteiger partial charge in [0.15, 0.2) is 0 Å². The summed E-state index contributed by atoms with van der Waals surface area (Å²) < 4.78 is 5.64. The van der Waals surface area contributed by atoms with Crippen molar-refractivity contribution in [2.24, 2.45) is 5.92 Å². The van der Waals surface area contributed by atoms with E-state index in [1.54, 1.807) is 0 Å². The third-order valence-corrected chi connectivity index (χ3v) is 3.87. The lowest BCUT2D eigenvalue weighted by atomic mass is 10.1. The molecule has 1 aromatic carbocycles. The number of urea groups is 1. The second-order valence-corrected chi connectivity index (χ2v) is 5.94. The van der Waals surface area contributed by atoms with Gasteiger partial charge in [-0.15, -0.1) is 0 Å². The Morgan fingerprint density at radius 1 is 1.26 bits per heavy atom. The molecule has 0 saturated carbocycles. The highest BCUT2D eigenvalue weighted by molar-refractivity contribution is 5.74. The molecule has 126 valence electrons. The third kappa shape index (κ3) is 6.32. The normalized spacial score (nSPS) is 19.6. The zero-order valence-electron chi connectivity index (χ0n) is 13.6. The number of hydrogen-bond acceptors (Lipinski definition) is 3. The number of benzene rings is 1. The Labute approximate surface area is 137 Å². The fourth-order valence-electron chi connectivity index (χ4n) is 2.49. The van der Waals surface area contributed by atoms with E-state index >= 15 is 0 Å². The van der Waals surface area contributed by atoms with Gasteiger partial charge in [-0.05, 0) is 38.3 Å². The molecule has 0 fully saturated rings. The Kier molecular flexibility index (Phi) is 6.94. The first-order valence-corrected chi connectivity index (χ1v) is 8.20. The maximum absolute atomic E-state index is 11.7. The van der Waals surface area contributed by atoms with E-state index in [0.717, 1.165) is 25.0 Å². The summed E-state index contributed by atoms with van der Waals surface area (Å²) in [6.07, 6.45) is 6.43. The summed E-state index contributed by atoms with van der Waals surface area (Å²) in [6.45, 7) is 3.46. The molecule has 0 aromatic heterocycles. The first-order chi connectivity index (χ1) is 11.2. The van der Waals surface area contributed by atoms with E-state index in [1.165, 1.54) is 5.56 Å². The van der Waals surface area contributed by atoms with E-state index in [2.05, 4.69) is 10.6 Å². The number of aliphatic hydroxyl groups excluding tert-OH is 1. The Hall–Kier alpha value is -2.01. The molecule has 0 saturated heterocycles. The monoisotopic (exact) mass is 318 g/mol. The number of nitrogens with one attached hydrogen (secondary N) is 2. The molecule has 1 aliphatic carbocycles. The van der Waals surface area contributed by atoms with E-state index in [4.69, 9.17) is 9.84 Å². The molecule has 3 N–H and O–H groups in total. The smallest absolute Gasteiger partial charge is 0.315 e. The SMILES string of the molecule is Cc1ccc(OCCCCNC(=O)N[C@@H]2C=C[C@H](CO)C2)cc1. The van der Waals surface area contributed by atoms with Gasteiger partial charge in [-0.2, -0.15) is 0 Å².